The second kappa shape index (κ2) is 5.88. The second-order valence-electron chi connectivity index (χ2n) is 4.90. The van der Waals surface area contributed by atoms with Crippen LogP contribution in [0.25, 0.3) is 0 Å². The molecule has 1 unspecified atom stereocenters. The summed E-state index contributed by atoms with van der Waals surface area (Å²) in [5.41, 5.74) is 0.617. The summed E-state index contributed by atoms with van der Waals surface area (Å²) < 4.78 is 7.28. The van der Waals surface area contributed by atoms with Gasteiger partial charge in [0.2, 0.25) is 5.91 Å². The fourth-order valence-electron chi connectivity index (χ4n) is 2.19. The Morgan fingerprint density at radius 3 is 3.00 bits per heavy atom. The molecular weight excluding hydrogens is 284 g/mol. The molecule has 1 atom stereocenters. The van der Waals surface area contributed by atoms with E-state index in [0.717, 1.165) is 6.54 Å². The molecule has 0 saturated carbocycles. The maximum Gasteiger partial charge on any atom is 0.266 e. The van der Waals surface area contributed by atoms with Crippen LogP contribution in [0.3, 0.4) is 0 Å². The van der Waals surface area contributed by atoms with Gasteiger partial charge in [0.1, 0.15) is 5.75 Å². The molecule has 1 aliphatic rings. The number of amides is 2. The van der Waals surface area contributed by atoms with Crippen molar-refractivity contribution in [3.05, 3.63) is 36.5 Å². The monoisotopic (exact) mass is 300 g/mol. The van der Waals surface area contributed by atoms with E-state index in [9.17, 15) is 9.59 Å². The van der Waals surface area contributed by atoms with E-state index in [1.807, 2.05) is 13.0 Å². The minimum atomic E-state index is -0.844. The van der Waals surface area contributed by atoms with Crippen molar-refractivity contribution in [2.24, 2.45) is 0 Å². The average molecular weight is 300 g/mol. The first-order valence-corrected chi connectivity index (χ1v) is 7.05. The number of carbonyl (C=O) groups excluding carboxylic acids is 2. The topological polar surface area (TPSA) is 85.3 Å². The van der Waals surface area contributed by atoms with Crippen molar-refractivity contribution >= 4 is 23.3 Å². The summed E-state index contributed by atoms with van der Waals surface area (Å²) in [6, 6.07) is 8.83. The molecular formula is C15H16N4O3. The molecule has 0 saturated heterocycles. The minimum absolute atomic E-state index is 0.0703. The minimum Gasteiger partial charge on any atom is -0.478 e. The predicted octanol–water partition coefficient (Wildman–Crippen LogP) is 1.63. The molecule has 0 bridgehead atoms. The summed E-state index contributed by atoms with van der Waals surface area (Å²) in [5, 5.41) is 9.55. The van der Waals surface area contributed by atoms with Crippen LogP contribution in [0.4, 0.5) is 11.5 Å². The van der Waals surface area contributed by atoms with E-state index in [1.165, 1.54) is 0 Å². The van der Waals surface area contributed by atoms with Crippen molar-refractivity contribution < 1.29 is 14.3 Å². The number of carbonyl (C=O) groups is 2. The molecule has 1 aromatic heterocycles. The molecule has 0 aliphatic carbocycles. The summed E-state index contributed by atoms with van der Waals surface area (Å²) >= 11 is 0. The lowest BCUT2D eigenvalue weighted by molar-refractivity contribution is -0.128. The lowest BCUT2D eigenvalue weighted by Crippen LogP contribution is -2.39. The Hall–Kier alpha value is -2.83. The molecule has 2 heterocycles. The highest BCUT2D eigenvalue weighted by atomic mass is 16.5. The van der Waals surface area contributed by atoms with Crippen LogP contribution in [-0.4, -0.2) is 27.7 Å². The highest BCUT2D eigenvalue weighted by Crippen LogP contribution is 2.29. The van der Waals surface area contributed by atoms with Gasteiger partial charge in [0.25, 0.3) is 5.91 Å². The maximum absolute atomic E-state index is 12.0. The van der Waals surface area contributed by atoms with Crippen molar-refractivity contribution in [2.45, 2.75) is 26.0 Å². The van der Waals surface area contributed by atoms with E-state index in [0.29, 0.717) is 17.3 Å². The Balaban J connectivity index is 1.63. The van der Waals surface area contributed by atoms with Gasteiger partial charge >= 0.3 is 0 Å². The van der Waals surface area contributed by atoms with E-state index < -0.39 is 6.10 Å². The largest absolute Gasteiger partial charge is 0.478 e. The molecule has 2 amide bonds. The number of para-hydroxylation sites is 2. The van der Waals surface area contributed by atoms with Gasteiger partial charge in [0.15, 0.2) is 11.9 Å². The van der Waals surface area contributed by atoms with Gasteiger partial charge in [-0.05, 0) is 19.1 Å². The van der Waals surface area contributed by atoms with Crippen LogP contribution in [-0.2, 0) is 16.1 Å². The quantitative estimate of drug-likeness (QED) is 0.898. The third kappa shape index (κ3) is 2.93. The number of rotatable bonds is 4. The third-order valence-corrected chi connectivity index (χ3v) is 3.31. The Kier molecular flexibility index (Phi) is 3.78. The van der Waals surface area contributed by atoms with E-state index in [2.05, 4.69) is 15.7 Å². The molecule has 1 aliphatic heterocycles. The van der Waals surface area contributed by atoms with E-state index >= 15 is 0 Å². The Bertz CT molecular complexity index is 710. The van der Waals surface area contributed by atoms with Crippen LogP contribution in [0, 0.1) is 0 Å². The molecule has 0 radical (unpaired) electrons. The summed E-state index contributed by atoms with van der Waals surface area (Å²) in [7, 11) is 0. The standard InChI is InChI=1S/C15H16N4O3/c1-2-19-8-7-13(18-19)17-14(20)9-12-15(21)16-10-5-3-4-6-11(10)22-12/h3-8,12H,2,9H2,1H3,(H,16,21)(H,17,18,20). The van der Waals surface area contributed by atoms with Crippen LogP contribution in [0.5, 0.6) is 5.75 Å². The van der Waals surface area contributed by atoms with Gasteiger partial charge in [-0.1, -0.05) is 12.1 Å². The first kappa shape index (κ1) is 14.1. The number of aryl methyl sites for hydroxylation is 1. The Morgan fingerprint density at radius 2 is 2.23 bits per heavy atom. The van der Waals surface area contributed by atoms with Gasteiger partial charge in [-0.3, -0.25) is 14.3 Å². The molecule has 114 valence electrons. The van der Waals surface area contributed by atoms with E-state index in [4.69, 9.17) is 4.74 Å². The average Bonchev–Trinajstić information content (AvgIpc) is 2.95. The molecule has 3 rings (SSSR count). The zero-order valence-electron chi connectivity index (χ0n) is 12.1. The van der Waals surface area contributed by atoms with Crippen molar-refractivity contribution in [3.8, 4) is 5.75 Å². The third-order valence-electron chi connectivity index (χ3n) is 3.31. The Morgan fingerprint density at radius 1 is 1.41 bits per heavy atom. The summed E-state index contributed by atoms with van der Waals surface area (Å²) in [4.78, 5) is 24.0. The van der Waals surface area contributed by atoms with Crippen molar-refractivity contribution in [2.75, 3.05) is 10.6 Å². The molecule has 7 heteroatoms. The van der Waals surface area contributed by atoms with Crippen molar-refractivity contribution in [1.82, 2.24) is 9.78 Å². The maximum atomic E-state index is 12.0. The second-order valence-corrected chi connectivity index (χ2v) is 4.90. The van der Waals surface area contributed by atoms with Crippen LogP contribution in [0.2, 0.25) is 0 Å². The van der Waals surface area contributed by atoms with Crippen LogP contribution in [0.15, 0.2) is 36.5 Å². The molecule has 7 nitrogen and oxygen atoms in total. The molecule has 22 heavy (non-hydrogen) atoms. The highest BCUT2D eigenvalue weighted by Gasteiger charge is 2.29. The van der Waals surface area contributed by atoms with E-state index in [-0.39, 0.29) is 18.2 Å². The zero-order chi connectivity index (χ0) is 15.5. The number of hydrogen-bond donors (Lipinski definition) is 2. The van der Waals surface area contributed by atoms with E-state index in [1.54, 1.807) is 35.1 Å². The summed E-state index contributed by atoms with van der Waals surface area (Å²) in [6.07, 6.45) is 0.859. The smallest absolute Gasteiger partial charge is 0.266 e. The van der Waals surface area contributed by atoms with Crippen LogP contribution < -0.4 is 15.4 Å². The van der Waals surface area contributed by atoms with Gasteiger partial charge in [-0.25, -0.2) is 0 Å². The molecule has 0 spiro atoms. The number of benzene rings is 1. The predicted molar refractivity (Wildman–Crippen MR) is 80.6 cm³/mol. The lowest BCUT2D eigenvalue weighted by Gasteiger charge is -2.25. The normalized spacial score (nSPS) is 16.4. The number of nitrogens with zero attached hydrogens (tertiary/aromatic N) is 2. The number of anilines is 2. The van der Waals surface area contributed by atoms with Gasteiger partial charge in [0, 0.05) is 18.8 Å². The Labute approximate surface area is 127 Å². The number of hydrogen-bond acceptors (Lipinski definition) is 4. The van der Waals surface area contributed by atoms with Gasteiger partial charge in [0.05, 0.1) is 12.1 Å². The van der Waals surface area contributed by atoms with Gasteiger partial charge in [-0.15, -0.1) is 0 Å². The fraction of sp³-hybridized carbons (Fsp3) is 0.267. The number of fused-ring (bicyclic) bond motifs is 1. The van der Waals surface area contributed by atoms with Gasteiger partial charge < -0.3 is 15.4 Å². The molecule has 1 aromatic carbocycles. The van der Waals surface area contributed by atoms with Crippen LogP contribution >= 0.6 is 0 Å². The highest BCUT2D eigenvalue weighted by molar-refractivity contribution is 6.01. The van der Waals surface area contributed by atoms with Gasteiger partial charge in [-0.2, -0.15) is 5.10 Å². The first-order valence-electron chi connectivity index (χ1n) is 7.05. The first-order chi connectivity index (χ1) is 10.7. The molecule has 2 N–H and O–H groups in total. The van der Waals surface area contributed by atoms with Crippen LogP contribution in [0.1, 0.15) is 13.3 Å². The number of ether oxygens (including phenoxy) is 1. The zero-order valence-corrected chi connectivity index (χ0v) is 12.1. The summed E-state index contributed by atoms with van der Waals surface area (Å²) in [5.74, 6) is 0.382. The molecule has 2 aromatic rings. The van der Waals surface area contributed by atoms with Crippen molar-refractivity contribution in [3.63, 3.8) is 0 Å². The number of nitrogens with one attached hydrogen (secondary N) is 2. The molecule has 0 fully saturated rings. The lowest BCUT2D eigenvalue weighted by atomic mass is 10.1. The fourth-order valence-corrected chi connectivity index (χ4v) is 2.19. The van der Waals surface area contributed by atoms with Crippen molar-refractivity contribution in [1.29, 1.82) is 0 Å². The number of aromatic nitrogens is 2. The SMILES string of the molecule is CCn1ccc(NC(=O)CC2Oc3ccccc3NC2=O)n1. The summed E-state index contributed by atoms with van der Waals surface area (Å²) in [6.45, 7) is 2.68.